The van der Waals surface area contributed by atoms with E-state index in [2.05, 4.69) is 44.3 Å². The lowest BCUT2D eigenvalue weighted by molar-refractivity contribution is -0.131. The van der Waals surface area contributed by atoms with E-state index in [4.69, 9.17) is 0 Å². The first-order chi connectivity index (χ1) is 12.8. The van der Waals surface area contributed by atoms with Gasteiger partial charge >= 0.3 is 0 Å². The Labute approximate surface area is 164 Å². The third-order valence-electron chi connectivity index (χ3n) is 5.78. The van der Waals surface area contributed by atoms with Gasteiger partial charge in [0.1, 0.15) is 0 Å². The number of rotatable bonds is 7. The SMILES string of the molecule is CC(=O)NCC1C=C(C)C(CC(=O)N(C)Cc2ccccc2)CC1C(C)C. The van der Waals surface area contributed by atoms with Gasteiger partial charge in [-0.1, -0.05) is 55.8 Å². The number of hydrogen-bond donors (Lipinski definition) is 1. The Hall–Kier alpha value is -2.10. The van der Waals surface area contributed by atoms with Crippen LogP contribution in [-0.2, 0) is 16.1 Å². The largest absolute Gasteiger partial charge is 0.356 e. The summed E-state index contributed by atoms with van der Waals surface area (Å²) < 4.78 is 0. The Bertz CT molecular complexity index is 666. The van der Waals surface area contributed by atoms with Crippen molar-refractivity contribution in [3.05, 3.63) is 47.5 Å². The summed E-state index contributed by atoms with van der Waals surface area (Å²) in [6.07, 6.45) is 3.86. The number of carbonyl (C=O) groups is 2. The van der Waals surface area contributed by atoms with Crippen LogP contribution in [0.15, 0.2) is 42.0 Å². The highest BCUT2D eigenvalue weighted by Gasteiger charge is 2.33. The lowest BCUT2D eigenvalue weighted by atomic mass is 9.69. The van der Waals surface area contributed by atoms with Gasteiger partial charge in [0.2, 0.25) is 11.8 Å². The number of benzene rings is 1. The number of allylic oxidation sites excluding steroid dienone is 1. The molecule has 0 fully saturated rings. The van der Waals surface area contributed by atoms with E-state index in [1.165, 1.54) is 5.57 Å². The summed E-state index contributed by atoms with van der Waals surface area (Å²) in [5.74, 6) is 1.85. The van der Waals surface area contributed by atoms with Gasteiger partial charge in [0.05, 0.1) is 0 Å². The summed E-state index contributed by atoms with van der Waals surface area (Å²) in [6.45, 7) is 9.50. The predicted molar refractivity (Wildman–Crippen MR) is 110 cm³/mol. The Balaban J connectivity index is 2.01. The minimum atomic E-state index is 0.0170. The van der Waals surface area contributed by atoms with Gasteiger partial charge in [0.15, 0.2) is 0 Å². The summed E-state index contributed by atoms with van der Waals surface area (Å²) in [5, 5.41) is 2.96. The third kappa shape index (κ3) is 6.23. The van der Waals surface area contributed by atoms with Crippen LogP contribution in [0.4, 0.5) is 0 Å². The number of hydrogen-bond acceptors (Lipinski definition) is 2. The predicted octanol–water partition coefficient (Wildman–Crippen LogP) is 4.03. The van der Waals surface area contributed by atoms with Gasteiger partial charge in [-0.05, 0) is 42.6 Å². The molecule has 0 aromatic heterocycles. The lowest BCUT2D eigenvalue weighted by Crippen LogP contribution is -2.37. The van der Waals surface area contributed by atoms with Crippen LogP contribution < -0.4 is 5.32 Å². The Morgan fingerprint density at radius 3 is 2.48 bits per heavy atom. The van der Waals surface area contributed by atoms with Crippen molar-refractivity contribution < 1.29 is 9.59 Å². The summed E-state index contributed by atoms with van der Waals surface area (Å²) >= 11 is 0. The molecule has 3 unspecified atom stereocenters. The molecule has 148 valence electrons. The second-order valence-electron chi connectivity index (χ2n) is 8.29. The van der Waals surface area contributed by atoms with Crippen LogP contribution in [0.5, 0.6) is 0 Å². The maximum Gasteiger partial charge on any atom is 0.223 e. The molecule has 1 N–H and O–H groups in total. The Morgan fingerprint density at radius 1 is 1.22 bits per heavy atom. The van der Waals surface area contributed by atoms with E-state index < -0.39 is 0 Å². The zero-order valence-corrected chi connectivity index (χ0v) is 17.4. The quantitative estimate of drug-likeness (QED) is 0.737. The van der Waals surface area contributed by atoms with Crippen LogP contribution >= 0.6 is 0 Å². The Kier molecular flexibility index (Phi) is 7.64. The molecule has 0 heterocycles. The minimum absolute atomic E-state index is 0.0170. The molecule has 0 saturated carbocycles. The first-order valence-corrected chi connectivity index (χ1v) is 9.98. The van der Waals surface area contributed by atoms with E-state index in [0.29, 0.717) is 37.3 Å². The molecule has 2 amide bonds. The fourth-order valence-electron chi connectivity index (χ4n) is 4.08. The number of carbonyl (C=O) groups excluding carboxylic acids is 2. The summed E-state index contributed by atoms with van der Waals surface area (Å²) in [7, 11) is 1.89. The molecule has 1 aromatic rings. The van der Waals surface area contributed by atoms with Gasteiger partial charge in [-0.25, -0.2) is 0 Å². The van der Waals surface area contributed by atoms with Crippen molar-refractivity contribution in [3.63, 3.8) is 0 Å². The highest BCUT2D eigenvalue weighted by Crippen LogP contribution is 2.38. The highest BCUT2D eigenvalue weighted by atomic mass is 16.2. The van der Waals surface area contributed by atoms with Crippen molar-refractivity contribution in [1.29, 1.82) is 0 Å². The van der Waals surface area contributed by atoms with Gasteiger partial charge in [0.25, 0.3) is 0 Å². The normalized spacial score (nSPS) is 22.3. The zero-order chi connectivity index (χ0) is 20.0. The second kappa shape index (κ2) is 9.72. The summed E-state index contributed by atoms with van der Waals surface area (Å²) in [4.78, 5) is 25.9. The first kappa shape index (κ1) is 21.2. The molecule has 0 bridgehead atoms. The molecule has 27 heavy (non-hydrogen) atoms. The molecule has 4 nitrogen and oxygen atoms in total. The molecule has 2 rings (SSSR count). The first-order valence-electron chi connectivity index (χ1n) is 9.98. The molecule has 1 aliphatic carbocycles. The van der Waals surface area contributed by atoms with Crippen LogP contribution in [0.3, 0.4) is 0 Å². The fourth-order valence-corrected chi connectivity index (χ4v) is 4.08. The summed E-state index contributed by atoms with van der Waals surface area (Å²) in [5.41, 5.74) is 2.43. The zero-order valence-electron chi connectivity index (χ0n) is 17.4. The van der Waals surface area contributed by atoms with Gasteiger partial charge in [-0.2, -0.15) is 0 Å². The van der Waals surface area contributed by atoms with E-state index in [1.54, 1.807) is 6.92 Å². The van der Waals surface area contributed by atoms with Crippen LogP contribution in [0.2, 0.25) is 0 Å². The molecule has 0 radical (unpaired) electrons. The standard InChI is InChI=1S/C23H34N2O2/c1-16(2)22-12-20(17(3)11-21(22)14-24-18(4)26)13-23(27)25(5)15-19-9-7-6-8-10-19/h6-11,16,20-22H,12-15H2,1-5H3,(H,24,26). The third-order valence-corrected chi connectivity index (χ3v) is 5.78. The number of amides is 2. The topological polar surface area (TPSA) is 49.4 Å². The second-order valence-corrected chi connectivity index (χ2v) is 8.29. The van der Waals surface area contributed by atoms with Gasteiger partial charge in [-0.15, -0.1) is 0 Å². The molecule has 3 atom stereocenters. The average Bonchev–Trinajstić information content (AvgIpc) is 2.62. The van der Waals surface area contributed by atoms with E-state index in [1.807, 2.05) is 30.1 Å². The van der Waals surface area contributed by atoms with Crippen molar-refractivity contribution in [2.24, 2.45) is 23.7 Å². The fraction of sp³-hybridized carbons (Fsp3) is 0.565. The Morgan fingerprint density at radius 2 is 1.89 bits per heavy atom. The van der Waals surface area contributed by atoms with Gasteiger partial charge in [0, 0.05) is 33.5 Å². The van der Waals surface area contributed by atoms with Crippen molar-refractivity contribution in [2.75, 3.05) is 13.6 Å². The van der Waals surface area contributed by atoms with Crippen LogP contribution in [0.1, 0.15) is 46.1 Å². The average molecular weight is 371 g/mol. The smallest absolute Gasteiger partial charge is 0.223 e. The van der Waals surface area contributed by atoms with E-state index in [0.717, 1.165) is 12.0 Å². The van der Waals surface area contributed by atoms with E-state index in [9.17, 15) is 9.59 Å². The van der Waals surface area contributed by atoms with Crippen LogP contribution in [0, 0.1) is 23.7 Å². The maximum absolute atomic E-state index is 12.8. The van der Waals surface area contributed by atoms with Crippen molar-refractivity contribution in [1.82, 2.24) is 10.2 Å². The van der Waals surface area contributed by atoms with Crippen LogP contribution in [-0.4, -0.2) is 30.3 Å². The molecular formula is C23H34N2O2. The van der Waals surface area contributed by atoms with Crippen molar-refractivity contribution >= 4 is 11.8 Å². The summed E-state index contributed by atoms with van der Waals surface area (Å²) in [6, 6.07) is 10.1. The van der Waals surface area contributed by atoms with E-state index >= 15 is 0 Å². The minimum Gasteiger partial charge on any atom is -0.356 e. The highest BCUT2D eigenvalue weighted by molar-refractivity contribution is 5.76. The molecule has 1 aliphatic rings. The molecular weight excluding hydrogens is 336 g/mol. The molecule has 0 aliphatic heterocycles. The maximum atomic E-state index is 12.8. The van der Waals surface area contributed by atoms with Crippen LogP contribution in [0.25, 0.3) is 0 Å². The van der Waals surface area contributed by atoms with Gasteiger partial charge < -0.3 is 10.2 Å². The monoisotopic (exact) mass is 370 g/mol. The molecule has 0 saturated heterocycles. The van der Waals surface area contributed by atoms with Crippen molar-refractivity contribution in [2.45, 2.75) is 47.1 Å². The lowest BCUT2D eigenvalue weighted by Gasteiger charge is -2.37. The van der Waals surface area contributed by atoms with E-state index in [-0.39, 0.29) is 17.7 Å². The molecule has 0 spiro atoms. The number of nitrogens with zero attached hydrogens (tertiary/aromatic N) is 1. The van der Waals surface area contributed by atoms with Gasteiger partial charge in [-0.3, -0.25) is 9.59 Å². The molecule has 4 heteroatoms. The molecule has 1 aromatic carbocycles. The number of nitrogens with one attached hydrogen (secondary N) is 1. The van der Waals surface area contributed by atoms with Crippen molar-refractivity contribution in [3.8, 4) is 0 Å².